The van der Waals surface area contributed by atoms with E-state index in [1.54, 1.807) is 5.51 Å². The van der Waals surface area contributed by atoms with E-state index in [0.717, 1.165) is 48.5 Å². The standard InChI is InChI=1S/C24H26FN7S/c1-16(2)32-9-7-31(8-10-32)14-17-3-6-22(26-12-17)29-24-27-13-19(25)23(30-24)18-4-5-20-21(11-18)33-15-28-20/h3-6,11-13,15-16H,7-10,14H2,1-2H3,(H,26,27,29,30). The highest BCUT2D eigenvalue weighted by Gasteiger charge is 2.19. The summed E-state index contributed by atoms with van der Waals surface area (Å²) in [4.78, 5) is 22.2. The molecule has 0 bridgehead atoms. The number of anilines is 2. The molecule has 0 amide bonds. The van der Waals surface area contributed by atoms with Crippen molar-refractivity contribution in [2.45, 2.75) is 26.4 Å². The number of hydrogen-bond donors (Lipinski definition) is 1. The maximum atomic E-state index is 14.5. The normalized spacial score (nSPS) is 15.4. The van der Waals surface area contributed by atoms with Crippen LogP contribution in [0.2, 0.25) is 0 Å². The Kier molecular flexibility index (Phi) is 6.26. The van der Waals surface area contributed by atoms with Crippen molar-refractivity contribution in [3.05, 3.63) is 59.6 Å². The number of nitrogens with zero attached hydrogens (tertiary/aromatic N) is 6. The van der Waals surface area contributed by atoms with Gasteiger partial charge in [-0.15, -0.1) is 11.3 Å². The van der Waals surface area contributed by atoms with E-state index in [1.165, 1.54) is 17.5 Å². The first-order chi connectivity index (χ1) is 16.0. The summed E-state index contributed by atoms with van der Waals surface area (Å²) in [6.07, 6.45) is 3.06. The highest BCUT2D eigenvalue weighted by Crippen LogP contribution is 2.27. The topological polar surface area (TPSA) is 70.1 Å². The molecule has 4 aromatic rings. The van der Waals surface area contributed by atoms with Gasteiger partial charge in [-0.25, -0.2) is 24.3 Å². The summed E-state index contributed by atoms with van der Waals surface area (Å²) in [7, 11) is 0. The smallest absolute Gasteiger partial charge is 0.229 e. The predicted molar refractivity (Wildman–Crippen MR) is 130 cm³/mol. The summed E-state index contributed by atoms with van der Waals surface area (Å²) in [5.74, 6) is 0.463. The molecule has 0 aliphatic carbocycles. The van der Waals surface area contributed by atoms with Gasteiger partial charge in [0, 0.05) is 50.5 Å². The number of rotatable bonds is 6. The van der Waals surface area contributed by atoms with Crippen LogP contribution in [0.25, 0.3) is 21.5 Å². The zero-order valence-electron chi connectivity index (χ0n) is 18.7. The molecule has 4 heterocycles. The second kappa shape index (κ2) is 9.46. The van der Waals surface area contributed by atoms with E-state index in [9.17, 15) is 4.39 Å². The Morgan fingerprint density at radius 2 is 1.88 bits per heavy atom. The minimum Gasteiger partial charge on any atom is -0.309 e. The zero-order valence-corrected chi connectivity index (χ0v) is 19.5. The summed E-state index contributed by atoms with van der Waals surface area (Å²) in [5, 5.41) is 3.09. The molecule has 0 radical (unpaired) electrons. The minimum absolute atomic E-state index is 0.250. The molecule has 1 aliphatic heterocycles. The van der Waals surface area contributed by atoms with Crippen LogP contribution in [-0.4, -0.2) is 62.0 Å². The molecule has 0 unspecified atom stereocenters. The number of halogens is 1. The highest BCUT2D eigenvalue weighted by atomic mass is 32.1. The molecule has 3 aromatic heterocycles. The Balaban J connectivity index is 1.25. The van der Waals surface area contributed by atoms with E-state index >= 15 is 0 Å². The summed E-state index contributed by atoms with van der Waals surface area (Å²) in [5.41, 5.74) is 4.77. The lowest BCUT2D eigenvalue weighted by molar-refractivity contribution is 0.104. The average Bonchev–Trinajstić information content (AvgIpc) is 3.30. The first-order valence-electron chi connectivity index (χ1n) is 11.1. The van der Waals surface area contributed by atoms with Gasteiger partial charge in [0.2, 0.25) is 5.95 Å². The zero-order chi connectivity index (χ0) is 22.8. The van der Waals surface area contributed by atoms with Crippen molar-refractivity contribution >= 4 is 33.3 Å². The molecule has 33 heavy (non-hydrogen) atoms. The molecule has 5 rings (SSSR count). The van der Waals surface area contributed by atoms with Crippen LogP contribution in [0.5, 0.6) is 0 Å². The maximum absolute atomic E-state index is 14.5. The fraction of sp³-hybridized carbons (Fsp3) is 0.333. The van der Waals surface area contributed by atoms with Gasteiger partial charge < -0.3 is 5.32 Å². The molecule has 9 heteroatoms. The maximum Gasteiger partial charge on any atom is 0.229 e. The van der Waals surface area contributed by atoms with Gasteiger partial charge in [0.05, 0.1) is 21.9 Å². The second-order valence-corrected chi connectivity index (χ2v) is 9.39. The number of benzene rings is 1. The number of thiazole rings is 1. The van der Waals surface area contributed by atoms with Crippen molar-refractivity contribution in [3.8, 4) is 11.3 Å². The summed E-state index contributed by atoms with van der Waals surface area (Å²) in [6.45, 7) is 9.72. The van der Waals surface area contributed by atoms with Gasteiger partial charge in [-0.1, -0.05) is 12.1 Å². The predicted octanol–water partition coefficient (Wildman–Crippen LogP) is 4.56. The van der Waals surface area contributed by atoms with Crippen LogP contribution in [-0.2, 0) is 6.54 Å². The van der Waals surface area contributed by atoms with Crippen LogP contribution in [0.3, 0.4) is 0 Å². The fourth-order valence-corrected chi connectivity index (χ4v) is 4.75. The van der Waals surface area contributed by atoms with Crippen LogP contribution in [0.4, 0.5) is 16.2 Å². The summed E-state index contributed by atoms with van der Waals surface area (Å²) >= 11 is 1.52. The van der Waals surface area contributed by atoms with Crippen molar-refractivity contribution in [2.75, 3.05) is 31.5 Å². The lowest BCUT2D eigenvalue weighted by Crippen LogP contribution is -2.48. The average molecular weight is 464 g/mol. The first kappa shape index (κ1) is 21.8. The molecule has 1 fully saturated rings. The van der Waals surface area contributed by atoms with E-state index in [2.05, 4.69) is 55.0 Å². The molecular weight excluding hydrogens is 437 g/mol. The number of pyridine rings is 1. The van der Waals surface area contributed by atoms with Crippen molar-refractivity contribution in [1.82, 2.24) is 29.7 Å². The van der Waals surface area contributed by atoms with Gasteiger partial charge in [-0.05, 0) is 37.6 Å². The van der Waals surface area contributed by atoms with Gasteiger partial charge in [-0.3, -0.25) is 9.80 Å². The van der Waals surface area contributed by atoms with Crippen LogP contribution < -0.4 is 5.32 Å². The van der Waals surface area contributed by atoms with Crippen LogP contribution in [0, 0.1) is 5.82 Å². The van der Waals surface area contributed by atoms with Gasteiger partial charge in [0.25, 0.3) is 0 Å². The first-order valence-corrected chi connectivity index (χ1v) is 12.0. The minimum atomic E-state index is -0.467. The number of aromatic nitrogens is 4. The van der Waals surface area contributed by atoms with Gasteiger partial charge in [0.1, 0.15) is 11.5 Å². The second-order valence-electron chi connectivity index (χ2n) is 8.51. The van der Waals surface area contributed by atoms with Crippen LogP contribution in [0.1, 0.15) is 19.4 Å². The molecule has 0 spiro atoms. The van der Waals surface area contributed by atoms with Crippen molar-refractivity contribution in [1.29, 1.82) is 0 Å². The lowest BCUT2D eigenvalue weighted by Gasteiger charge is -2.36. The number of nitrogens with one attached hydrogen (secondary N) is 1. The molecule has 1 saturated heterocycles. The molecule has 1 aromatic carbocycles. The fourth-order valence-electron chi connectivity index (χ4n) is 4.03. The third kappa shape index (κ3) is 5.00. The number of fused-ring (bicyclic) bond motifs is 1. The Morgan fingerprint density at radius 1 is 1.03 bits per heavy atom. The Morgan fingerprint density at radius 3 is 2.64 bits per heavy atom. The molecule has 1 N–H and O–H groups in total. The highest BCUT2D eigenvalue weighted by molar-refractivity contribution is 7.16. The van der Waals surface area contributed by atoms with E-state index in [-0.39, 0.29) is 5.69 Å². The van der Waals surface area contributed by atoms with E-state index in [1.807, 2.05) is 30.5 Å². The Bertz CT molecular complexity index is 1230. The monoisotopic (exact) mass is 463 g/mol. The molecule has 7 nitrogen and oxygen atoms in total. The Hall–Kier alpha value is -3.01. The quantitative estimate of drug-likeness (QED) is 0.450. The van der Waals surface area contributed by atoms with Crippen molar-refractivity contribution in [2.24, 2.45) is 0 Å². The largest absolute Gasteiger partial charge is 0.309 e. The molecule has 0 atom stereocenters. The van der Waals surface area contributed by atoms with Crippen LogP contribution >= 0.6 is 11.3 Å². The van der Waals surface area contributed by atoms with Gasteiger partial charge >= 0.3 is 0 Å². The third-order valence-electron chi connectivity index (χ3n) is 5.96. The molecular formula is C24H26FN7S. The SMILES string of the molecule is CC(C)N1CCN(Cc2ccc(Nc3ncc(F)c(-c4ccc5ncsc5c4)n3)nc2)CC1. The van der Waals surface area contributed by atoms with Gasteiger partial charge in [0.15, 0.2) is 5.82 Å². The number of piperazine rings is 1. The summed E-state index contributed by atoms with van der Waals surface area (Å²) in [6, 6.07) is 10.2. The van der Waals surface area contributed by atoms with E-state index < -0.39 is 5.82 Å². The molecule has 1 aliphatic rings. The van der Waals surface area contributed by atoms with Gasteiger partial charge in [-0.2, -0.15) is 0 Å². The molecule has 170 valence electrons. The Labute approximate surface area is 196 Å². The van der Waals surface area contributed by atoms with E-state index in [0.29, 0.717) is 23.4 Å². The number of hydrogen-bond acceptors (Lipinski definition) is 8. The van der Waals surface area contributed by atoms with Crippen molar-refractivity contribution < 1.29 is 4.39 Å². The third-order valence-corrected chi connectivity index (χ3v) is 6.75. The molecule has 0 saturated carbocycles. The summed E-state index contributed by atoms with van der Waals surface area (Å²) < 4.78 is 15.5. The van der Waals surface area contributed by atoms with E-state index in [4.69, 9.17) is 0 Å². The van der Waals surface area contributed by atoms with Crippen LogP contribution in [0.15, 0.2) is 48.2 Å². The van der Waals surface area contributed by atoms with Crippen molar-refractivity contribution in [3.63, 3.8) is 0 Å². The lowest BCUT2D eigenvalue weighted by atomic mass is 10.1.